The van der Waals surface area contributed by atoms with Crippen LogP contribution in [0.3, 0.4) is 0 Å². The first kappa shape index (κ1) is 23.3. The number of halogens is 3. The number of aromatic nitrogens is 1. The molecule has 0 aromatic carbocycles. The maximum absolute atomic E-state index is 13.9. The average molecular weight is 460 g/mol. The largest absolute Gasteiger partial charge is 0.506 e. The number of aromatic hydroxyl groups is 1. The van der Waals surface area contributed by atoms with Gasteiger partial charge in [0.15, 0.2) is 15.9 Å². The van der Waals surface area contributed by atoms with E-state index in [1.807, 2.05) is 6.07 Å². The maximum atomic E-state index is 13.9. The van der Waals surface area contributed by atoms with Crippen molar-refractivity contribution < 1.29 is 31.5 Å². The fourth-order valence-electron chi connectivity index (χ4n) is 3.19. The zero-order chi connectivity index (χ0) is 23.0. The molecular formula is C19H23F3N4O4S. The normalized spacial score (nSPS) is 19.8. The topological polar surface area (TPSA) is 132 Å². The molecule has 12 heteroatoms. The van der Waals surface area contributed by atoms with Crippen LogP contribution in [0, 0.1) is 24.2 Å². The Hall–Kier alpha value is -2.39. The van der Waals surface area contributed by atoms with Crippen molar-refractivity contribution in [3.8, 4) is 11.8 Å². The molecule has 0 bridgehead atoms. The van der Waals surface area contributed by atoms with E-state index in [1.165, 1.54) is 13.0 Å². The fraction of sp³-hybridized carbons (Fsp3) is 0.632. The number of nitrogens with zero attached hydrogens (tertiary/aromatic N) is 2. The zero-order valence-electron chi connectivity index (χ0n) is 16.7. The van der Waals surface area contributed by atoms with Gasteiger partial charge in [0, 0.05) is 5.69 Å². The predicted octanol–water partition coefficient (Wildman–Crippen LogP) is 1.65. The Kier molecular flexibility index (Phi) is 6.21. The first-order valence-electron chi connectivity index (χ1n) is 9.77. The molecule has 1 heterocycles. The molecule has 2 aliphatic carbocycles. The summed E-state index contributed by atoms with van der Waals surface area (Å²) in [6.45, 7) is 1.43. The summed E-state index contributed by atoms with van der Waals surface area (Å²) >= 11 is 0. The van der Waals surface area contributed by atoms with Crippen molar-refractivity contribution in [1.82, 2.24) is 15.6 Å². The Morgan fingerprint density at radius 2 is 2.03 bits per heavy atom. The molecule has 1 aromatic heterocycles. The van der Waals surface area contributed by atoms with Gasteiger partial charge in [-0.3, -0.25) is 15.1 Å². The maximum Gasteiger partial charge on any atom is 0.409 e. The number of carbonyl (C=O) groups is 1. The first-order valence-corrected chi connectivity index (χ1v) is 11.6. The molecule has 1 aromatic rings. The van der Waals surface area contributed by atoms with Gasteiger partial charge < -0.3 is 10.4 Å². The monoisotopic (exact) mass is 460 g/mol. The number of hydrogen-bond acceptors (Lipinski definition) is 7. The average Bonchev–Trinajstić information content (AvgIpc) is 3.57. The van der Waals surface area contributed by atoms with E-state index in [-0.39, 0.29) is 17.4 Å². The summed E-state index contributed by atoms with van der Waals surface area (Å²) in [6.07, 6.45) is -2.89. The van der Waals surface area contributed by atoms with Crippen LogP contribution in [0.15, 0.2) is 12.1 Å². The number of aryl methyl sites for hydroxylation is 1. The van der Waals surface area contributed by atoms with Crippen LogP contribution in [0.5, 0.6) is 5.75 Å². The van der Waals surface area contributed by atoms with Crippen LogP contribution in [-0.4, -0.2) is 53.7 Å². The van der Waals surface area contributed by atoms with Gasteiger partial charge in [0.2, 0.25) is 5.91 Å². The van der Waals surface area contributed by atoms with Crippen LogP contribution in [-0.2, 0) is 14.6 Å². The Bertz CT molecular complexity index is 998. The second-order valence-corrected chi connectivity index (χ2v) is 10.4. The minimum atomic E-state index is -4.98. The molecule has 0 aliphatic heterocycles. The van der Waals surface area contributed by atoms with Crippen molar-refractivity contribution in [2.75, 3.05) is 11.5 Å². The number of amides is 1. The van der Waals surface area contributed by atoms with Crippen LogP contribution in [0.4, 0.5) is 13.2 Å². The van der Waals surface area contributed by atoms with Crippen LogP contribution in [0.1, 0.15) is 43.1 Å². The van der Waals surface area contributed by atoms with E-state index in [9.17, 15) is 36.8 Å². The molecule has 2 fully saturated rings. The molecule has 2 atom stereocenters. The van der Waals surface area contributed by atoms with Gasteiger partial charge in [0.25, 0.3) is 0 Å². The molecule has 31 heavy (non-hydrogen) atoms. The standard InChI is InChI=1S/C19H23F3N4O4S/c1-11-2-5-14(27)15(24-11)16(19(20,21)22)25-13(9-31(29,30)8-12-3-4-12)17(28)26-18(10-23)6-7-18/h2,5,12-13,16,25,27H,3-4,6-9H2,1H3,(H,26,28)/t13-,16?/m0/s1. The van der Waals surface area contributed by atoms with Crippen molar-refractivity contribution >= 4 is 15.7 Å². The third kappa shape index (κ3) is 6.07. The second-order valence-electron chi connectivity index (χ2n) is 8.25. The number of hydrogen-bond donors (Lipinski definition) is 3. The summed E-state index contributed by atoms with van der Waals surface area (Å²) in [6, 6.07) is -0.117. The van der Waals surface area contributed by atoms with E-state index in [2.05, 4.69) is 15.6 Å². The van der Waals surface area contributed by atoms with E-state index in [0.717, 1.165) is 6.07 Å². The highest BCUT2D eigenvalue weighted by Crippen LogP contribution is 2.37. The molecule has 0 saturated heterocycles. The summed E-state index contributed by atoms with van der Waals surface area (Å²) in [5.41, 5.74) is -1.74. The van der Waals surface area contributed by atoms with E-state index < -0.39 is 56.7 Å². The molecule has 1 unspecified atom stereocenters. The van der Waals surface area contributed by atoms with Crippen molar-refractivity contribution in [2.24, 2.45) is 5.92 Å². The number of nitrogens with one attached hydrogen (secondary N) is 2. The van der Waals surface area contributed by atoms with Gasteiger partial charge in [0.1, 0.15) is 23.0 Å². The smallest absolute Gasteiger partial charge is 0.409 e. The third-order valence-electron chi connectivity index (χ3n) is 5.26. The molecule has 3 N–H and O–H groups in total. The Morgan fingerprint density at radius 3 is 2.55 bits per heavy atom. The third-order valence-corrected chi connectivity index (χ3v) is 7.08. The molecule has 170 valence electrons. The number of sulfone groups is 1. The number of rotatable bonds is 9. The second kappa shape index (κ2) is 8.27. The highest BCUT2D eigenvalue weighted by Gasteiger charge is 2.49. The van der Waals surface area contributed by atoms with Gasteiger partial charge in [0.05, 0.1) is 17.6 Å². The van der Waals surface area contributed by atoms with Gasteiger partial charge in [-0.25, -0.2) is 8.42 Å². The number of pyridine rings is 1. The highest BCUT2D eigenvalue weighted by atomic mass is 32.2. The van der Waals surface area contributed by atoms with Crippen LogP contribution in [0.2, 0.25) is 0 Å². The first-order chi connectivity index (χ1) is 14.3. The van der Waals surface area contributed by atoms with Crippen LogP contribution >= 0.6 is 0 Å². The fourth-order valence-corrected chi connectivity index (χ4v) is 5.13. The quantitative estimate of drug-likeness (QED) is 0.511. The Labute approximate surface area is 177 Å². The lowest BCUT2D eigenvalue weighted by Gasteiger charge is -2.27. The predicted molar refractivity (Wildman–Crippen MR) is 103 cm³/mol. The van der Waals surface area contributed by atoms with E-state index >= 15 is 0 Å². The molecule has 0 radical (unpaired) electrons. The van der Waals surface area contributed by atoms with E-state index in [0.29, 0.717) is 25.7 Å². The van der Waals surface area contributed by atoms with Gasteiger partial charge in [-0.15, -0.1) is 0 Å². The van der Waals surface area contributed by atoms with Crippen molar-refractivity contribution in [2.45, 2.75) is 56.4 Å². The lowest BCUT2D eigenvalue weighted by atomic mass is 10.1. The lowest BCUT2D eigenvalue weighted by molar-refractivity contribution is -0.161. The molecule has 2 aliphatic rings. The minimum Gasteiger partial charge on any atom is -0.506 e. The van der Waals surface area contributed by atoms with Gasteiger partial charge >= 0.3 is 6.18 Å². The molecule has 8 nitrogen and oxygen atoms in total. The van der Waals surface area contributed by atoms with E-state index in [4.69, 9.17) is 0 Å². The van der Waals surface area contributed by atoms with Crippen LogP contribution < -0.4 is 10.6 Å². The van der Waals surface area contributed by atoms with Crippen LogP contribution in [0.25, 0.3) is 0 Å². The summed E-state index contributed by atoms with van der Waals surface area (Å²) < 4.78 is 66.6. The van der Waals surface area contributed by atoms with Crippen molar-refractivity contribution in [3.63, 3.8) is 0 Å². The lowest BCUT2D eigenvalue weighted by Crippen LogP contribution is -2.54. The summed E-state index contributed by atoms with van der Waals surface area (Å²) in [5.74, 6) is -2.89. The summed E-state index contributed by atoms with van der Waals surface area (Å²) in [5, 5.41) is 23.5. The molecule has 3 rings (SSSR count). The van der Waals surface area contributed by atoms with Gasteiger partial charge in [-0.1, -0.05) is 0 Å². The Morgan fingerprint density at radius 1 is 1.39 bits per heavy atom. The zero-order valence-corrected chi connectivity index (χ0v) is 17.6. The summed E-state index contributed by atoms with van der Waals surface area (Å²) in [4.78, 5) is 16.5. The number of nitriles is 1. The minimum absolute atomic E-state index is 0.0523. The molecule has 1 amide bonds. The van der Waals surface area contributed by atoms with Crippen molar-refractivity contribution in [1.29, 1.82) is 5.26 Å². The molecular weight excluding hydrogens is 437 g/mol. The highest BCUT2D eigenvalue weighted by molar-refractivity contribution is 7.91. The molecule has 2 saturated carbocycles. The Balaban J connectivity index is 1.90. The van der Waals surface area contributed by atoms with E-state index in [1.54, 1.807) is 0 Å². The van der Waals surface area contributed by atoms with Crippen molar-refractivity contribution in [3.05, 3.63) is 23.5 Å². The summed E-state index contributed by atoms with van der Waals surface area (Å²) in [7, 11) is -3.85. The van der Waals surface area contributed by atoms with Gasteiger partial charge in [-0.2, -0.15) is 18.4 Å². The number of carbonyl (C=O) groups excluding carboxylic acids is 1. The molecule has 0 spiro atoms. The SMILES string of the molecule is Cc1ccc(O)c(C(N[C@@H](CS(=O)(=O)CC2CC2)C(=O)NC2(C#N)CC2)C(F)(F)F)n1. The number of alkyl halides is 3. The van der Waals surface area contributed by atoms with Gasteiger partial charge in [-0.05, 0) is 50.7 Å².